The van der Waals surface area contributed by atoms with Gasteiger partial charge >= 0.3 is 6.03 Å². The second-order valence-electron chi connectivity index (χ2n) is 9.49. The van der Waals surface area contributed by atoms with E-state index in [-0.39, 0.29) is 23.6 Å². The van der Waals surface area contributed by atoms with Crippen LogP contribution in [0.25, 0.3) is 11.3 Å². The number of urea groups is 1. The van der Waals surface area contributed by atoms with Crippen LogP contribution in [-0.4, -0.2) is 39.1 Å². The van der Waals surface area contributed by atoms with Gasteiger partial charge < -0.3 is 26.4 Å². The average molecular weight is 493 g/mol. The number of rotatable bonds is 7. The number of nitrogen functional groups attached to an aromatic ring is 1. The van der Waals surface area contributed by atoms with Gasteiger partial charge in [0.05, 0.1) is 41.7 Å². The maximum Gasteiger partial charge on any atom is 0.318 e. The van der Waals surface area contributed by atoms with E-state index >= 15 is 0 Å². The van der Waals surface area contributed by atoms with Crippen LogP contribution in [0.4, 0.5) is 10.7 Å². The summed E-state index contributed by atoms with van der Waals surface area (Å²) in [5.41, 5.74) is 14.5. The monoisotopic (exact) mass is 492 g/mol. The van der Waals surface area contributed by atoms with Gasteiger partial charge in [-0.3, -0.25) is 0 Å². The highest BCUT2D eigenvalue weighted by atomic mass is 35.5. The number of halogens is 2. The Morgan fingerprint density at radius 2 is 2.03 bits per heavy atom. The van der Waals surface area contributed by atoms with E-state index in [1.165, 1.54) is 0 Å². The zero-order chi connectivity index (χ0) is 23.8. The minimum atomic E-state index is -0.274. The first kappa shape index (κ1) is 23.9. The number of nitrogens with one attached hydrogen (secondary N) is 1. The van der Waals surface area contributed by atoms with Gasteiger partial charge in [0.15, 0.2) is 0 Å². The lowest BCUT2D eigenvalue weighted by Crippen LogP contribution is -2.45. The van der Waals surface area contributed by atoms with E-state index in [4.69, 9.17) is 39.4 Å². The summed E-state index contributed by atoms with van der Waals surface area (Å²) < 4.78 is 6.08. The van der Waals surface area contributed by atoms with Crippen LogP contribution in [0.2, 0.25) is 10.0 Å². The molecule has 1 aliphatic carbocycles. The number of fused-ring (bicyclic) bond motifs is 1. The van der Waals surface area contributed by atoms with E-state index in [2.05, 4.69) is 15.3 Å². The number of benzene rings is 1. The van der Waals surface area contributed by atoms with Gasteiger partial charge in [-0.05, 0) is 58.1 Å². The molecule has 5 N–H and O–H groups in total. The van der Waals surface area contributed by atoms with Crippen molar-refractivity contribution in [3.63, 3.8) is 0 Å². The van der Waals surface area contributed by atoms with Gasteiger partial charge in [0.1, 0.15) is 5.75 Å². The average Bonchev–Trinajstić information content (AvgIpc) is 3.10. The van der Waals surface area contributed by atoms with Crippen molar-refractivity contribution in [3.05, 3.63) is 33.4 Å². The van der Waals surface area contributed by atoms with Gasteiger partial charge in [0, 0.05) is 22.2 Å². The lowest BCUT2D eigenvalue weighted by atomic mass is 9.93. The molecule has 1 aromatic carbocycles. The van der Waals surface area contributed by atoms with Crippen LogP contribution in [0.15, 0.2) is 12.1 Å². The Bertz CT molecular complexity index is 1050. The van der Waals surface area contributed by atoms with Gasteiger partial charge in [-0.2, -0.15) is 0 Å². The first-order valence-electron chi connectivity index (χ1n) is 11.2. The highest BCUT2D eigenvalue weighted by Crippen LogP contribution is 2.42. The molecule has 2 aromatic rings. The number of amides is 2. The van der Waals surface area contributed by atoms with E-state index in [1.807, 2.05) is 13.8 Å². The molecule has 4 rings (SSSR count). The Hall–Kier alpha value is -2.29. The van der Waals surface area contributed by atoms with Crippen LogP contribution in [0.5, 0.6) is 5.75 Å². The molecule has 0 bridgehead atoms. The molecule has 1 fully saturated rings. The van der Waals surface area contributed by atoms with Crippen molar-refractivity contribution in [2.45, 2.75) is 70.6 Å². The fourth-order valence-corrected chi connectivity index (χ4v) is 4.61. The number of carbonyl (C=O) groups excluding carboxylic acids is 1. The third-order valence-electron chi connectivity index (χ3n) is 6.00. The van der Waals surface area contributed by atoms with E-state index in [9.17, 15) is 4.79 Å². The Labute approximate surface area is 204 Å². The molecule has 8 nitrogen and oxygen atoms in total. The Kier molecular flexibility index (Phi) is 6.88. The van der Waals surface area contributed by atoms with E-state index in [1.54, 1.807) is 17.0 Å². The molecule has 178 valence electrons. The highest BCUT2D eigenvalue weighted by molar-refractivity contribution is 6.37. The number of nitrogens with two attached hydrogens (primary N) is 2. The molecule has 1 aromatic heterocycles. The van der Waals surface area contributed by atoms with Crippen molar-refractivity contribution in [1.29, 1.82) is 0 Å². The number of aromatic nitrogens is 2. The van der Waals surface area contributed by atoms with Crippen molar-refractivity contribution < 1.29 is 9.53 Å². The molecular formula is C23H30Cl2N6O2. The molecule has 0 saturated heterocycles. The normalized spacial score (nSPS) is 15.8. The Morgan fingerprint density at radius 1 is 1.27 bits per heavy atom. The summed E-state index contributed by atoms with van der Waals surface area (Å²) in [5.74, 6) is 0.631. The lowest BCUT2D eigenvalue weighted by molar-refractivity contribution is 0.186. The number of hydrogen-bond donors (Lipinski definition) is 3. The fourth-order valence-electron chi connectivity index (χ4n) is 4.05. The quantitative estimate of drug-likeness (QED) is 0.489. The van der Waals surface area contributed by atoms with Crippen molar-refractivity contribution in [3.8, 4) is 17.0 Å². The number of anilines is 1. The largest absolute Gasteiger partial charge is 0.493 e. The van der Waals surface area contributed by atoms with E-state index < -0.39 is 0 Å². The number of hydrogen-bond acceptors (Lipinski definition) is 6. The van der Waals surface area contributed by atoms with Crippen LogP contribution in [0.1, 0.15) is 57.2 Å². The van der Waals surface area contributed by atoms with Crippen LogP contribution < -0.4 is 21.5 Å². The predicted molar refractivity (Wildman–Crippen MR) is 130 cm³/mol. The molecule has 2 amide bonds. The standard InChI is InChI=1S/C23H30Cl2N6O2/c1-23(2,27)7-4-8-33-18-10-13(24)9-16(25)19(18)20-15-11-31(12-17(15)29-21(26)30-20)22(32)28-14-5-3-6-14/h9-10,14H,3-8,11-12,27H2,1-2H3,(H,28,32)(H2,26,29,30). The van der Waals surface area contributed by atoms with Gasteiger partial charge in [-0.25, -0.2) is 14.8 Å². The molecule has 33 heavy (non-hydrogen) atoms. The summed E-state index contributed by atoms with van der Waals surface area (Å²) in [5, 5.41) is 3.93. The summed E-state index contributed by atoms with van der Waals surface area (Å²) in [6.45, 7) is 5.13. The topological polar surface area (TPSA) is 119 Å². The summed E-state index contributed by atoms with van der Waals surface area (Å²) in [7, 11) is 0. The van der Waals surface area contributed by atoms with Gasteiger partial charge in [0.25, 0.3) is 0 Å². The third-order valence-corrected chi connectivity index (χ3v) is 6.51. The van der Waals surface area contributed by atoms with Crippen molar-refractivity contribution in [1.82, 2.24) is 20.2 Å². The van der Waals surface area contributed by atoms with Crippen molar-refractivity contribution in [2.75, 3.05) is 12.3 Å². The zero-order valence-electron chi connectivity index (χ0n) is 19.0. The maximum absolute atomic E-state index is 12.7. The summed E-state index contributed by atoms with van der Waals surface area (Å²) >= 11 is 12.9. The second kappa shape index (κ2) is 9.52. The molecule has 0 unspecified atom stereocenters. The first-order chi connectivity index (χ1) is 15.6. The molecule has 2 heterocycles. The highest BCUT2D eigenvalue weighted by Gasteiger charge is 2.32. The summed E-state index contributed by atoms with van der Waals surface area (Å²) in [6.07, 6.45) is 4.77. The molecular weight excluding hydrogens is 463 g/mol. The smallest absolute Gasteiger partial charge is 0.318 e. The molecule has 0 atom stereocenters. The zero-order valence-corrected chi connectivity index (χ0v) is 20.5. The summed E-state index contributed by atoms with van der Waals surface area (Å²) in [6, 6.07) is 3.51. The van der Waals surface area contributed by atoms with Gasteiger partial charge in [0.2, 0.25) is 5.95 Å². The molecule has 1 aliphatic heterocycles. The van der Waals surface area contributed by atoms with Crippen LogP contribution in [0.3, 0.4) is 0 Å². The molecule has 0 radical (unpaired) electrons. The second-order valence-corrected chi connectivity index (χ2v) is 10.3. The van der Waals surface area contributed by atoms with Gasteiger partial charge in [-0.1, -0.05) is 23.2 Å². The third kappa shape index (κ3) is 5.62. The van der Waals surface area contributed by atoms with Crippen molar-refractivity contribution >= 4 is 35.2 Å². The Balaban J connectivity index is 1.61. The van der Waals surface area contributed by atoms with Crippen LogP contribution >= 0.6 is 23.2 Å². The van der Waals surface area contributed by atoms with Crippen LogP contribution in [0, 0.1) is 0 Å². The van der Waals surface area contributed by atoms with Gasteiger partial charge in [-0.15, -0.1) is 0 Å². The number of ether oxygens (including phenoxy) is 1. The minimum Gasteiger partial charge on any atom is -0.493 e. The number of nitrogens with zero attached hydrogens (tertiary/aromatic N) is 3. The SMILES string of the molecule is CC(C)(N)CCCOc1cc(Cl)cc(Cl)c1-c1nc(N)nc2c1CN(C(=O)NC1CCC1)C2. The van der Waals surface area contributed by atoms with E-state index in [0.717, 1.165) is 37.7 Å². The molecule has 10 heteroatoms. The lowest BCUT2D eigenvalue weighted by Gasteiger charge is -2.28. The predicted octanol–water partition coefficient (Wildman–Crippen LogP) is 4.51. The molecule has 0 spiro atoms. The summed E-state index contributed by atoms with van der Waals surface area (Å²) in [4.78, 5) is 23.3. The Morgan fingerprint density at radius 3 is 2.70 bits per heavy atom. The van der Waals surface area contributed by atoms with E-state index in [0.29, 0.717) is 52.4 Å². The minimum absolute atomic E-state index is 0.106. The fraction of sp³-hybridized carbons (Fsp3) is 0.522. The number of carbonyl (C=O) groups is 1. The maximum atomic E-state index is 12.7. The molecule has 1 saturated carbocycles. The first-order valence-corrected chi connectivity index (χ1v) is 12.0. The molecule has 2 aliphatic rings. The van der Waals surface area contributed by atoms with Crippen LogP contribution in [-0.2, 0) is 13.1 Å². The van der Waals surface area contributed by atoms with Crippen molar-refractivity contribution in [2.24, 2.45) is 5.73 Å².